The zero-order valence-electron chi connectivity index (χ0n) is 10.1. The van der Waals surface area contributed by atoms with Gasteiger partial charge in [-0.1, -0.05) is 11.6 Å². The zero-order valence-corrected chi connectivity index (χ0v) is 10.8. The maximum Gasteiger partial charge on any atom is 0.227 e. The third kappa shape index (κ3) is 3.43. The van der Waals surface area contributed by atoms with Crippen LogP contribution in [0.2, 0.25) is 5.02 Å². The highest BCUT2D eigenvalue weighted by Gasteiger charge is 2.16. The number of carbonyl (C=O) groups is 1. The Kier molecular flexibility index (Phi) is 4.55. The van der Waals surface area contributed by atoms with E-state index in [4.69, 9.17) is 11.6 Å². The molecule has 0 bridgehead atoms. The number of halogens is 2. The highest BCUT2D eigenvalue weighted by Crippen LogP contribution is 2.18. The lowest BCUT2D eigenvalue weighted by molar-refractivity contribution is -0.130. The Morgan fingerprint density at radius 3 is 3.06 bits per heavy atom. The first-order chi connectivity index (χ1) is 8.66. The summed E-state index contributed by atoms with van der Waals surface area (Å²) < 4.78 is 13.1. The second kappa shape index (κ2) is 6.16. The van der Waals surface area contributed by atoms with Crippen molar-refractivity contribution in [2.45, 2.75) is 12.8 Å². The summed E-state index contributed by atoms with van der Waals surface area (Å²) in [5.41, 5.74) is 0.555. The molecule has 0 aromatic heterocycles. The molecule has 1 heterocycles. The standard InChI is InChI=1S/C13H16ClFN2O/c14-12-3-2-11(15)8-10(12)9-13(18)17-6-1-4-16-5-7-17/h2-3,8,16H,1,4-7,9H2. The second-order valence-corrected chi connectivity index (χ2v) is 4.80. The topological polar surface area (TPSA) is 32.3 Å². The summed E-state index contributed by atoms with van der Waals surface area (Å²) in [6.07, 6.45) is 1.11. The van der Waals surface area contributed by atoms with Gasteiger partial charge in [-0.15, -0.1) is 0 Å². The molecule has 3 nitrogen and oxygen atoms in total. The summed E-state index contributed by atoms with van der Waals surface area (Å²) in [6.45, 7) is 3.19. The van der Waals surface area contributed by atoms with E-state index in [0.29, 0.717) is 17.1 Å². The van der Waals surface area contributed by atoms with Gasteiger partial charge in [0.15, 0.2) is 0 Å². The van der Waals surface area contributed by atoms with E-state index in [1.807, 2.05) is 0 Å². The minimum Gasteiger partial charge on any atom is -0.341 e. The van der Waals surface area contributed by atoms with Gasteiger partial charge in [0.1, 0.15) is 5.82 Å². The molecule has 5 heteroatoms. The quantitative estimate of drug-likeness (QED) is 0.889. The fourth-order valence-electron chi connectivity index (χ4n) is 2.05. The maximum absolute atomic E-state index is 13.1. The first kappa shape index (κ1) is 13.3. The molecule has 1 amide bonds. The fraction of sp³-hybridized carbons (Fsp3) is 0.462. The zero-order chi connectivity index (χ0) is 13.0. The molecule has 2 rings (SSSR count). The molecular weight excluding hydrogens is 255 g/mol. The molecule has 1 N–H and O–H groups in total. The maximum atomic E-state index is 13.1. The van der Waals surface area contributed by atoms with Crippen molar-refractivity contribution in [3.8, 4) is 0 Å². The van der Waals surface area contributed by atoms with Crippen molar-refractivity contribution in [2.75, 3.05) is 26.2 Å². The van der Waals surface area contributed by atoms with Crippen LogP contribution in [0.5, 0.6) is 0 Å². The Morgan fingerprint density at radius 2 is 2.22 bits per heavy atom. The molecule has 18 heavy (non-hydrogen) atoms. The van der Waals surface area contributed by atoms with Crippen LogP contribution in [0.1, 0.15) is 12.0 Å². The Morgan fingerprint density at radius 1 is 1.39 bits per heavy atom. The van der Waals surface area contributed by atoms with Gasteiger partial charge in [0.25, 0.3) is 0 Å². The van der Waals surface area contributed by atoms with Crippen LogP contribution >= 0.6 is 11.6 Å². The van der Waals surface area contributed by atoms with Crippen LogP contribution in [-0.2, 0) is 11.2 Å². The van der Waals surface area contributed by atoms with Crippen molar-refractivity contribution in [1.82, 2.24) is 10.2 Å². The van der Waals surface area contributed by atoms with Crippen LogP contribution in [-0.4, -0.2) is 37.0 Å². The first-order valence-corrected chi connectivity index (χ1v) is 6.47. The third-order valence-corrected chi connectivity index (χ3v) is 3.41. The number of hydrogen-bond acceptors (Lipinski definition) is 2. The van der Waals surface area contributed by atoms with E-state index in [9.17, 15) is 9.18 Å². The van der Waals surface area contributed by atoms with E-state index in [-0.39, 0.29) is 18.1 Å². The van der Waals surface area contributed by atoms with Crippen LogP contribution in [0.3, 0.4) is 0 Å². The summed E-state index contributed by atoms with van der Waals surface area (Å²) in [4.78, 5) is 13.9. The van der Waals surface area contributed by atoms with Gasteiger partial charge in [-0.2, -0.15) is 0 Å². The monoisotopic (exact) mass is 270 g/mol. The Balaban J connectivity index is 2.03. The predicted molar refractivity (Wildman–Crippen MR) is 69.2 cm³/mol. The van der Waals surface area contributed by atoms with Crippen LogP contribution < -0.4 is 5.32 Å². The smallest absolute Gasteiger partial charge is 0.227 e. The molecule has 0 aliphatic carbocycles. The fourth-order valence-corrected chi connectivity index (χ4v) is 2.23. The SMILES string of the molecule is O=C(Cc1cc(F)ccc1Cl)N1CCCNCC1. The molecule has 98 valence electrons. The highest BCUT2D eigenvalue weighted by molar-refractivity contribution is 6.31. The molecule has 1 aromatic carbocycles. The molecular formula is C13H16ClFN2O. The molecule has 0 unspecified atom stereocenters. The minimum absolute atomic E-state index is 0.00574. The van der Waals surface area contributed by atoms with E-state index in [2.05, 4.69) is 5.32 Å². The lowest BCUT2D eigenvalue weighted by atomic mass is 10.1. The van der Waals surface area contributed by atoms with Gasteiger partial charge in [-0.3, -0.25) is 4.79 Å². The summed E-state index contributed by atoms with van der Waals surface area (Å²) in [6, 6.07) is 4.12. The number of hydrogen-bond donors (Lipinski definition) is 1. The van der Waals surface area contributed by atoms with Gasteiger partial charge in [0.05, 0.1) is 6.42 Å². The molecule has 1 aliphatic rings. The Bertz CT molecular complexity index is 431. The van der Waals surface area contributed by atoms with Gasteiger partial charge < -0.3 is 10.2 Å². The normalized spacial score (nSPS) is 16.4. The average Bonchev–Trinajstić information content (AvgIpc) is 2.62. The van der Waals surface area contributed by atoms with Crippen molar-refractivity contribution in [3.05, 3.63) is 34.6 Å². The summed E-state index contributed by atoms with van der Waals surface area (Å²) in [5.74, 6) is -0.356. The second-order valence-electron chi connectivity index (χ2n) is 4.40. The van der Waals surface area contributed by atoms with Gasteiger partial charge in [0.2, 0.25) is 5.91 Å². The largest absolute Gasteiger partial charge is 0.341 e. The van der Waals surface area contributed by atoms with Gasteiger partial charge >= 0.3 is 0 Å². The van der Waals surface area contributed by atoms with Crippen LogP contribution in [0.4, 0.5) is 4.39 Å². The predicted octanol–water partition coefficient (Wildman–Crippen LogP) is 1.84. The van der Waals surface area contributed by atoms with Crippen molar-refractivity contribution in [3.63, 3.8) is 0 Å². The molecule has 0 atom stereocenters. The van der Waals surface area contributed by atoms with Crippen LogP contribution in [0.15, 0.2) is 18.2 Å². The number of benzene rings is 1. The summed E-state index contributed by atoms with van der Waals surface area (Å²) in [5, 5.41) is 3.68. The van der Waals surface area contributed by atoms with E-state index in [1.54, 1.807) is 4.90 Å². The third-order valence-electron chi connectivity index (χ3n) is 3.04. The number of rotatable bonds is 2. The molecule has 1 aromatic rings. The molecule has 0 radical (unpaired) electrons. The van der Waals surface area contributed by atoms with Crippen molar-refractivity contribution < 1.29 is 9.18 Å². The summed E-state index contributed by atoms with van der Waals surface area (Å²) >= 11 is 5.96. The molecule has 0 spiro atoms. The van der Waals surface area contributed by atoms with Gasteiger partial charge in [0, 0.05) is 24.7 Å². The lowest BCUT2D eigenvalue weighted by Gasteiger charge is -2.20. The molecule has 1 saturated heterocycles. The first-order valence-electron chi connectivity index (χ1n) is 6.09. The lowest BCUT2D eigenvalue weighted by Crippen LogP contribution is -2.35. The minimum atomic E-state index is -0.361. The van der Waals surface area contributed by atoms with Crippen LogP contribution in [0.25, 0.3) is 0 Å². The van der Waals surface area contributed by atoms with Crippen LogP contribution in [0, 0.1) is 5.82 Å². The van der Waals surface area contributed by atoms with E-state index in [0.717, 1.165) is 26.1 Å². The van der Waals surface area contributed by atoms with E-state index < -0.39 is 0 Å². The molecule has 1 aliphatic heterocycles. The Labute approximate surface area is 111 Å². The Hall–Kier alpha value is -1.13. The van der Waals surface area contributed by atoms with E-state index >= 15 is 0 Å². The number of nitrogens with one attached hydrogen (secondary N) is 1. The molecule has 0 saturated carbocycles. The average molecular weight is 271 g/mol. The summed E-state index contributed by atoms with van der Waals surface area (Å²) in [7, 11) is 0. The van der Waals surface area contributed by atoms with E-state index in [1.165, 1.54) is 18.2 Å². The number of amides is 1. The van der Waals surface area contributed by atoms with Gasteiger partial charge in [-0.05, 0) is 36.7 Å². The van der Waals surface area contributed by atoms with Crippen molar-refractivity contribution in [1.29, 1.82) is 0 Å². The number of carbonyl (C=O) groups excluding carboxylic acids is 1. The number of nitrogens with zero attached hydrogens (tertiary/aromatic N) is 1. The van der Waals surface area contributed by atoms with Crippen molar-refractivity contribution >= 4 is 17.5 Å². The molecule has 1 fully saturated rings. The van der Waals surface area contributed by atoms with Crippen molar-refractivity contribution in [2.24, 2.45) is 0 Å². The van der Waals surface area contributed by atoms with Gasteiger partial charge in [-0.25, -0.2) is 4.39 Å². The highest BCUT2D eigenvalue weighted by atomic mass is 35.5.